The topological polar surface area (TPSA) is 966 Å². The summed E-state index contributed by atoms with van der Waals surface area (Å²) in [5, 5.41) is 27.1. The summed E-state index contributed by atoms with van der Waals surface area (Å²) in [5.41, 5.74) is 19.6. The predicted molar refractivity (Wildman–Crippen MR) is 487 cm³/mol. The van der Waals surface area contributed by atoms with Gasteiger partial charge in [0.05, 0.1) is 153 Å². The average molecular weight is 2270 g/mol. The van der Waals surface area contributed by atoms with Crippen LogP contribution in [0, 0.1) is 11.3 Å². The normalized spacial score (nSPS) is 14.6. The number of nitrogens with zero attached hydrogens (tertiary/aromatic N) is 1. The maximum atomic E-state index is 12.1. The standard InChI is InChI=1S/C16H29F3N2O8P2.C13H21F6N2O5P.C11H27NO7P2.C9H23N2O3P.C7H18O7P2.C5H14NO3P.2C4H9N.3H3NO.2H3N.2H2O/c1-30(23,27-12-7-4-10-21-15(22)16(17,18)19)26-11-5-2-3-6-13-28-31(24,25)29-14-8-9-20;1-27(24,25-8-4-2-6-20-10(22)12(14,15)16)26-9-5-3-7-21-11(23)13(17,18)19;1-20(13,18-10-7-4-8-12)17-9-5-2-3-6-11-19-21(14,15)16;1-15(12,13-8-4-2-6-10)14-9-5-3-7-11;1-15(8,9)13-6-4-2-3-5-7-14-16(10,11)12;1-10(7,8)9-5-3-2-4-6;2*1-2-4-5-3-1;3*1-2;;;;/h2-8,10-14H2,1H3,(H,21,22)(H,24,25);2-9H2,1H3,(H,20,22)(H,21,23);2-12H2,1H3,(H2,14,15,16);2-11H2,1H3;2-7H2,1H3,(H,8,9)(H2,10,11,12);2-6H2,1H3,(H,7,8);2*5H,1-4H2;3*2H,1H2;2*1H3;2*1H2/p-4/i;;;;;;;;3*2D;;;;. The lowest BCUT2D eigenvalue weighted by Gasteiger charge is -2.28. The molecule has 5 atom stereocenters. The summed E-state index contributed by atoms with van der Waals surface area (Å²) in [6, 6.07) is 1.74. The van der Waals surface area contributed by atoms with Gasteiger partial charge in [-0.15, -0.1) is 0 Å². The first kappa shape index (κ1) is 158. The molecule has 2 fully saturated rings. The van der Waals surface area contributed by atoms with Gasteiger partial charge in [0.1, 0.15) is 15.2 Å². The van der Waals surface area contributed by atoms with Crippen LogP contribution in [0.15, 0.2) is 0 Å². The van der Waals surface area contributed by atoms with Gasteiger partial charge in [0.25, 0.3) is 7.82 Å². The number of hydrogen-bond acceptors (Lipinski definition) is 45. The Balaban J connectivity index is -0.000000126. The number of hydrogen-bond donors (Lipinski definition) is 17. The van der Waals surface area contributed by atoms with Gasteiger partial charge in [0, 0.05) is 85.3 Å². The maximum absolute atomic E-state index is 12.1. The number of nitrogens with two attached hydrogens (primary N) is 8. The molecule has 856 valence electrons. The van der Waals surface area contributed by atoms with Crippen molar-refractivity contribution in [3.8, 4) is 6.07 Å². The third-order valence-electron chi connectivity index (χ3n) is 15.5. The van der Waals surface area contributed by atoms with Crippen LogP contribution in [0.3, 0.4) is 0 Å². The number of carbonyl (C=O) groups is 3. The summed E-state index contributed by atoms with van der Waals surface area (Å²) in [6.07, 6.45) is 6.16. The van der Waals surface area contributed by atoms with Crippen molar-refractivity contribution >= 4 is 86.8 Å². The van der Waals surface area contributed by atoms with Crippen molar-refractivity contribution in [2.75, 3.05) is 204 Å². The Morgan fingerprint density at radius 1 is 0.350 bits per heavy atom. The molecule has 0 aromatic carbocycles. The molecule has 3 amide bonds. The summed E-state index contributed by atoms with van der Waals surface area (Å²) < 4.78 is 291. The van der Waals surface area contributed by atoms with Crippen LogP contribution in [-0.4, -0.2) is 267 Å². The molecule has 2 aliphatic rings. The van der Waals surface area contributed by atoms with Crippen molar-refractivity contribution in [3.63, 3.8) is 0 Å². The largest absolute Gasteiger partial charge is 0.790 e. The number of halogens is 9. The highest BCUT2D eigenvalue weighted by molar-refractivity contribution is 7.54. The lowest BCUT2D eigenvalue weighted by atomic mass is 10.2. The second-order valence-corrected chi connectivity index (χ2v) is 43.9. The lowest BCUT2D eigenvalue weighted by molar-refractivity contribution is -0.635. The number of carbonyl (C=O) groups excluding carboxylic acids is 3. The minimum Gasteiger partial charge on any atom is -0.790 e. The zero-order valence-corrected chi connectivity index (χ0v) is 89.0. The number of unbranched alkanes of at least 4 members (excludes halogenated alkanes) is 16. The van der Waals surface area contributed by atoms with Crippen LogP contribution >= 0.6 is 69.0 Å². The van der Waals surface area contributed by atoms with Crippen molar-refractivity contribution in [2.24, 2.45) is 34.9 Å². The fraction of sp³-hybridized carbons (Fsp3) is 0.942. The van der Waals surface area contributed by atoms with Crippen LogP contribution in [-0.2, 0) is 119 Å². The molecule has 2 rings (SSSR count). The molecule has 2 saturated heterocycles. The maximum Gasteiger partial charge on any atom is 0.471 e. The molecule has 0 aromatic heterocycles. The average Bonchev–Trinajstić information content (AvgIpc) is 1.08. The molecule has 53 nitrogen and oxygen atoms in total. The highest BCUT2D eigenvalue weighted by Gasteiger charge is 2.40. The van der Waals surface area contributed by atoms with E-state index in [2.05, 4.69) is 76.8 Å². The summed E-state index contributed by atoms with van der Waals surface area (Å²) in [6.45, 7) is 16.5. The predicted octanol–water partition coefficient (Wildman–Crippen LogP) is 2.51. The van der Waals surface area contributed by atoms with Gasteiger partial charge in [-0.2, -0.15) is 44.8 Å². The molecule has 0 aromatic rings. The van der Waals surface area contributed by atoms with E-state index < -0.39 is 105 Å². The third kappa shape index (κ3) is 149. The minimum atomic E-state index is -4.95. The second kappa shape index (κ2) is 105. The molecule has 5 unspecified atom stereocenters. The number of amides is 3. The minimum absolute atomic E-state index is 0. The number of nitriles is 1. The van der Waals surface area contributed by atoms with Crippen LogP contribution in [0.5, 0.6) is 0 Å². The van der Waals surface area contributed by atoms with Crippen LogP contribution in [0.1, 0.15) is 199 Å². The number of quaternary nitrogens is 3. The summed E-state index contributed by atoms with van der Waals surface area (Å²) in [4.78, 5) is 104. The van der Waals surface area contributed by atoms with E-state index in [1.54, 1.807) is 22.0 Å². The molecular weight excluding hydrogens is 2100 g/mol. The number of nitrogens with one attached hydrogen (secondary N) is 3. The molecular formula is C69H165F9N15O38P9-4. The van der Waals surface area contributed by atoms with Gasteiger partial charge in [0.15, 0.2) is 0 Å². The zero-order valence-electron chi connectivity index (χ0n) is 83.9. The van der Waals surface area contributed by atoms with Gasteiger partial charge in [-0.3, -0.25) is 37.2 Å². The van der Waals surface area contributed by atoms with E-state index in [-0.39, 0.29) is 141 Å². The van der Waals surface area contributed by atoms with E-state index in [1.807, 2.05) is 0 Å². The molecule has 0 spiro atoms. The zero-order chi connectivity index (χ0) is 109. The lowest BCUT2D eigenvalue weighted by Crippen LogP contribution is -2.80. The fourth-order valence-electron chi connectivity index (χ4n) is 8.94. The van der Waals surface area contributed by atoms with Crippen LogP contribution in [0.2, 0.25) is 4.29 Å². The first-order chi connectivity index (χ1) is 64.6. The van der Waals surface area contributed by atoms with Crippen molar-refractivity contribution in [1.29, 1.82) is 5.26 Å². The molecule has 71 heteroatoms. The van der Waals surface area contributed by atoms with Gasteiger partial charge in [-0.1, -0.05) is 38.5 Å². The monoisotopic (exact) mass is 2260 g/mol. The fourth-order valence-corrected chi connectivity index (χ4v) is 15.3. The molecule has 0 bridgehead atoms. The molecule has 0 aliphatic carbocycles. The van der Waals surface area contributed by atoms with Crippen LogP contribution in [0.4, 0.5) is 39.5 Å². The van der Waals surface area contributed by atoms with Gasteiger partial charge in [0.2, 0.25) is 4.29 Å². The Morgan fingerprint density at radius 2 is 0.536 bits per heavy atom. The first-order valence-corrected chi connectivity index (χ1v) is 59.5. The number of phosphoric acid groups is 3. The van der Waals surface area contributed by atoms with Crippen molar-refractivity contribution in [1.82, 2.24) is 28.3 Å². The van der Waals surface area contributed by atoms with Crippen LogP contribution < -0.4 is 114 Å². The van der Waals surface area contributed by atoms with Gasteiger partial charge in [-0.25, -0.2) is 17.7 Å². The molecule has 2 heterocycles. The molecule has 140 heavy (non-hydrogen) atoms. The van der Waals surface area contributed by atoms with Gasteiger partial charge in [-0.05, 0) is 148 Å². The van der Waals surface area contributed by atoms with E-state index >= 15 is 0 Å². The first-order valence-electron chi connectivity index (χ1n) is 44.4. The molecule has 2 aliphatic heterocycles. The SMILES string of the molecule is C1CC[NH2+]C1.C1CC[NH2+]C1.CP(=O)(OCCCCCCOP(=O)([O-])OCCC#N)OCCCCNC(=O)C(F)(F)F.CP(=O)(OCCCCN)OCCCCCCOP(=O)([O-])[O-].CP(=O)(OCCCCN)OCCCCN.CP(=O)(OCCCCNC(=O)C(F)(F)F)OCCCCNC(=O)C(F)(F)F.CP(=O)([O-])OCCCCCCOP(=O)([O-])[O-].CP(=O)([O-])OCCCC[NH3+].N.N.O.O.[2H]ON.[2H]ON.[2H]ON. The number of phosphoric ester groups is 3. The number of alkyl halides is 9. The molecule has 0 saturated carbocycles. The quantitative estimate of drug-likeness (QED) is 0.0180. The Labute approximate surface area is 820 Å². The van der Waals surface area contributed by atoms with Gasteiger partial charge >= 0.3 is 66.6 Å². The highest BCUT2D eigenvalue weighted by Crippen LogP contribution is 2.47. The van der Waals surface area contributed by atoms with Crippen LogP contribution in [0.25, 0.3) is 0 Å². The summed E-state index contributed by atoms with van der Waals surface area (Å²) in [5.74, 6) is 5.95. The third-order valence-corrected chi connectivity index (χ3v) is 24.0. The van der Waals surface area contributed by atoms with E-state index in [4.69, 9.17) is 62.9 Å². The Morgan fingerprint density at radius 3 is 0.714 bits per heavy atom. The Kier molecular flexibility index (Phi) is 119. The van der Waals surface area contributed by atoms with E-state index in [0.29, 0.717) is 130 Å². The van der Waals surface area contributed by atoms with Crippen molar-refractivity contribution < 1.29 is 240 Å². The highest BCUT2D eigenvalue weighted by atomic mass is 31.2. The summed E-state index contributed by atoms with van der Waals surface area (Å²) >= 11 is 0. The Bertz CT molecular complexity index is 3270. The Hall–Kier alpha value is -2.14. The van der Waals surface area contributed by atoms with Crippen molar-refractivity contribution in [3.05, 3.63) is 0 Å². The van der Waals surface area contributed by atoms with E-state index in [0.717, 1.165) is 77.7 Å². The van der Waals surface area contributed by atoms with E-state index in [1.165, 1.54) is 78.5 Å². The van der Waals surface area contributed by atoms with Crippen molar-refractivity contribution in [2.45, 2.75) is 218 Å². The number of rotatable bonds is 68. The molecule has 0 radical (unpaired) electrons. The van der Waals surface area contributed by atoms with E-state index in [9.17, 15) is 129 Å². The summed E-state index contributed by atoms with van der Waals surface area (Å²) in [7, 11) is -33.8. The second-order valence-electron chi connectivity index (χ2n) is 28.4. The van der Waals surface area contributed by atoms with Gasteiger partial charge < -0.3 is 204 Å². The molecule has 35 N–H and O–H groups in total. The smallest absolute Gasteiger partial charge is 0.471 e.